The number of hydrogen-bond donors (Lipinski definition) is 3. The van der Waals surface area contributed by atoms with Crippen LogP contribution < -0.4 is 19.9 Å². The minimum atomic E-state index is -4.30. The number of anilines is 1. The highest BCUT2D eigenvalue weighted by molar-refractivity contribution is 7.89. The zero-order valence-electron chi connectivity index (χ0n) is 11.4. The Morgan fingerprint density at radius 2 is 1.86 bits per heavy atom. The lowest BCUT2D eigenvalue weighted by atomic mass is 10.3. The van der Waals surface area contributed by atoms with Gasteiger partial charge in [0, 0.05) is 6.07 Å². The normalized spacial score (nSPS) is 12.2. The number of rotatable bonds is 7. The average Bonchev–Trinajstić information content (AvgIpc) is 2.45. The van der Waals surface area contributed by atoms with E-state index >= 15 is 0 Å². The SMILES string of the molecule is COc1cc(OC)c(S(=O)(=O)NCC(F)(F)CO)cc1N. The highest BCUT2D eigenvalue weighted by Gasteiger charge is 2.31. The number of aliphatic hydroxyl groups is 1. The van der Waals surface area contributed by atoms with E-state index in [0.29, 0.717) is 0 Å². The molecule has 0 aliphatic heterocycles. The summed E-state index contributed by atoms with van der Waals surface area (Å²) in [4.78, 5) is -0.406. The van der Waals surface area contributed by atoms with E-state index in [2.05, 4.69) is 0 Å². The van der Waals surface area contributed by atoms with E-state index in [4.69, 9.17) is 20.3 Å². The molecule has 0 aliphatic carbocycles. The molecule has 21 heavy (non-hydrogen) atoms. The molecule has 0 spiro atoms. The van der Waals surface area contributed by atoms with Crippen molar-refractivity contribution in [1.29, 1.82) is 0 Å². The first kappa shape index (κ1) is 17.4. The lowest BCUT2D eigenvalue weighted by Gasteiger charge is -2.16. The van der Waals surface area contributed by atoms with E-state index in [1.807, 2.05) is 0 Å². The second kappa shape index (κ2) is 6.41. The van der Waals surface area contributed by atoms with E-state index in [9.17, 15) is 17.2 Å². The molecular weight excluding hydrogens is 310 g/mol. The van der Waals surface area contributed by atoms with E-state index in [-0.39, 0.29) is 17.2 Å². The van der Waals surface area contributed by atoms with Gasteiger partial charge in [-0.3, -0.25) is 0 Å². The van der Waals surface area contributed by atoms with Crippen molar-refractivity contribution in [2.75, 3.05) is 33.1 Å². The quantitative estimate of drug-likeness (QED) is 0.617. The Bertz CT molecular complexity index is 607. The standard InChI is InChI=1S/C11H16F2N2O5S/c1-19-8-4-9(20-2)10(3-7(8)14)21(17,18)15-5-11(12,13)6-16/h3-4,15-16H,5-6,14H2,1-2H3. The topological polar surface area (TPSA) is 111 Å². The fourth-order valence-corrected chi connectivity index (χ4v) is 2.68. The molecule has 0 unspecified atom stereocenters. The van der Waals surface area contributed by atoms with Gasteiger partial charge in [0.1, 0.15) is 23.0 Å². The Balaban J connectivity index is 3.16. The average molecular weight is 326 g/mol. The molecule has 0 fully saturated rings. The number of alkyl halides is 2. The van der Waals surface area contributed by atoms with Crippen LogP contribution in [0, 0.1) is 0 Å². The molecule has 0 aliphatic rings. The fraction of sp³-hybridized carbons (Fsp3) is 0.455. The third-order valence-corrected chi connectivity index (χ3v) is 3.98. The summed E-state index contributed by atoms with van der Waals surface area (Å²) in [5.41, 5.74) is 5.61. The van der Waals surface area contributed by atoms with Crippen LogP contribution in [0.4, 0.5) is 14.5 Å². The molecule has 1 aromatic carbocycles. The number of nitrogens with two attached hydrogens (primary N) is 1. The van der Waals surface area contributed by atoms with Gasteiger partial charge in [-0.2, -0.15) is 0 Å². The van der Waals surface area contributed by atoms with Crippen LogP contribution in [-0.4, -0.2) is 46.8 Å². The maximum atomic E-state index is 12.9. The fourth-order valence-electron chi connectivity index (χ4n) is 1.44. The summed E-state index contributed by atoms with van der Waals surface area (Å²) < 4.78 is 61.4. The molecule has 0 heterocycles. The first-order valence-corrected chi connectivity index (χ1v) is 7.15. The molecule has 120 valence electrons. The number of ether oxygens (including phenoxy) is 2. The van der Waals surface area contributed by atoms with Gasteiger partial charge in [0.2, 0.25) is 10.0 Å². The monoisotopic (exact) mass is 326 g/mol. The predicted octanol–water partition coefficient (Wildman–Crippen LogP) is 0.192. The summed E-state index contributed by atoms with van der Waals surface area (Å²) >= 11 is 0. The van der Waals surface area contributed by atoms with Crippen molar-refractivity contribution in [2.45, 2.75) is 10.8 Å². The van der Waals surface area contributed by atoms with Crippen LogP contribution in [0.15, 0.2) is 17.0 Å². The number of methoxy groups -OCH3 is 2. The highest BCUT2D eigenvalue weighted by atomic mass is 32.2. The summed E-state index contributed by atoms with van der Waals surface area (Å²) in [7, 11) is -1.75. The maximum Gasteiger partial charge on any atom is 0.283 e. The lowest BCUT2D eigenvalue weighted by Crippen LogP contribution is -2.39. The van der Waals surface area contributed by atoms with Crippen LogP contribution in [0.25, 0.3) is 0 Å². The minimum Gasteiger partial charge on any atom is -0.495 e. The second-order valence-electron chi connectivity index (χ2n) is 4.08. The summed E-state index contributed by atoms with van der Waals surface area (Å²) in [6.07, 6.45) is 0. The number of halogens is 2. The van der Waals surface area contributed by atoms with Crippen molar-refractivity contribution < 1.29 is 31.8 Å². The van der Waals surface area contributed by atoms with Crippen LogP contribution in [0.2, 0.25) is 0 Å². The molecule has 0 aromatic heterocycles. The zero-order chi connectivity index (χ0) is 16.3. The maximum absolute atomic E-state index is 12.9. The molecule has 10 heteroatoms. The van der Waals surface area contributed by atoms with Crippen LogP contribution >= 0.6 is 0 Å². The van der Waals surface area contributed by atoms with Gasteiger partial charge >= 0.3 is 0 Å². The molecular formula is C11H16F2N2O5S. The van der Waals surface area contributed by atoms with E-state index in [1.54, 1.807) is 4.72 Å². The predicted molar refractivity (Wildman–Crippen MR) is 71.2 cm³/mol. The Labute approximate surface area is 120 Å². The van der Waals surface area contributed by atoms with E-state index in [1.165, 1.54) is 20.3 Å². The van der Waals surface area contributed by atoms with Crippen molar-refractivity contribution in [1.82, 2.24) is 4.72 Å². The molecule has 0 saturated heterocycles. The summed E-state index contributed by atoms with van der Waals surface area (Å²) in [5.74, 6) is -3.49. The molecule has 0 atom stereocenters. The minimum absolute atomic E-state index is 0.00703. The third kappa shape index (κ3) is 4.16. The number of benzene rings is 1. The molecule has 7 nitrogen and oxygen atoms in total. The van der Waals surface area contributed by atoms with Crippen LogP contribution in [0.5, 0.6) is 11.5 Å². The second-order valence-corrected chi connectivity index (χ2v) is 5.82. The van der Waals surface area contributed by atoms with Gasteiger partial charge in [-0.25, -0.2) is 21.9 Å². The summed E-state index contributed by atoms with van der Waals surface area (Å²) in [6.45, 7) is -2.72. The van der Waals surface area contributed by atoms with E-state index < -0.39 is 34.0 Å². The van der Waals surface area contributed by atoms with Gasteiger partial charge in [-0.1, -0.05) is 0 Å². The number of aliphatic hydroxyl groups excluding tert-OH is 1. The largest absolute Gasteiger partial charge is 0.495 e. The Morgan fingerprint density at radius 3 is 2.33 bits per heavy atom. The van der Waals surface area contributed by atoms with Crippen LogP contribution in [0.3, 0.4) is 0 Å². The molecule has 0 bridgehead atoms. The van der Waals surface area contributed by atoms with Crippen LogP contribution in [0.1, 0.15) is 0 Å². The summed E-state index contributed by atoms with van der Waals surface area (Å²) in [5, 5.41) is 8.43. The molecule has 4 N–H and O–H groups in total. The zero-order valence-corrected chi connectivity index (χ0v) is 12.2. The van der Waals surface area contributed by atoms with Gasteiger partial charge in [0.05, 0.1) is 26.5 Å². The highest BCUT2D eigenvalue weighted by Crippen LogP contribution is 2.33. The Kier molecular flexibility index (Phi) is 5.31. The molecule has 1 aromatic rings. The van der Waals surface area contributed by atoms with Gasteiger partial charge in [0.15, 0.2) is 0 Å². The van der Waals surface area contributed by atoms with E-state index in [0.717, 1.165) is 6.07 Å². The number of nitrogen functional groups attached to an aromatic ring is 1. The lowest BCUT2D eigenvalue weighted by molar-refractivity contribution is -0.0437. The van der Waals surface area contributed by atoms with Gasteiger partial charge in [-0.05, 0) is 6.07 Å². The molecule has 0 saturated carbocycles. The Morgan fingerprint density at radius 1 is 1.29 bits per heavy atom. The number of hydrogen-bond acceptors (Lipinski definition) is 6. The Hall–Kier alpha value is -1.65. The first-order chi connectivity index (χ1) is 9.66. The third-order valence-electron chi connectivity index (χ3n) is 2.56. The number of sulfonamides is 1. The van der Waals surface area contributed by atoms with Crippen LogP contribution in [-0.2, 0) is 10.0 Å². The summed E-state index contributed by atoms with van der Waals surface area (Å²) in [6, 6.07) is 2.27. The van der Waals surface area contributed by atoms with Crippen molar-refractivity contribution in [2.24, 2.45) is 0 Å². The molecule has 1 rings (SSSR count). The first-order valence-electron chi connectivity index (χ1n) is 5.66. The smallest absolute Gasteiger partial charge is 0.283 e. The van der Waals surface area contributed by atoms with Crippen molar-refractivity contribution in [3.8, 4) is 11.5 Å². The molecule has 0 radical (unpaired) electrons. The van der Waals surface area contributed by atoms with Crippen molar-refractivity contribution in [3.63, 3.8) is 0 Å². The number of nitrogens with one attached hydrogen (secondary N) is 1. The molecule has 0 amide bonds. The van der Waals surface area contributed by atoms with Crippen molar-refractivity contribution in [3.05, 3.63) is 12.1 Å². The van der Waals surface area contributed by atoms with Gasteiger partial charge < -0.3 is 20.3 Å². The van der Waals surface area contributed by atoms with Gasteiger partial charge in [0.25, 0.3) is 5.92 Å². The van der Waals surface area contributed by atoms with Crippen molar-refractivity contribution >= 4 is 15.7 Å². The van der Waals surface area contributed by atoms with Gasteiger partial charge in [-0.15, -0.1) is 0 Å².